The van der Waals surface area contributed by atoms with Gasteiger partial charge in [0.2, 0.25) is 0 Å². The zero-order valence-corrected chi connectivity index (χ0v) is 12.4. The number of nitrogens with one attached hydrogen (secondary N) is 1. The number of carbonyl (C=O) groups is 1. The van der Waals surface area contributed by atoms with Gasteiger partial charge in [0.25, 0.3) is 5.91 Å². The molecule has 0 bridgehead atoms. The van der Waals surface area contributed by atoms with Gasteiger partial charge in [0.05, 0.1) is 0 Å². The van der Waals surface area contributed by atoms with Crippen LogP contribution in [0.15, 0.2) is 42.5 Å². The summed E-state index contributed by atoms with van der Waals surface area (Å²) in [6.45, 7) is 3.50. The van der Waals surface area contributed by atoms with E-state index in [-0.39, 0.29) is 11.7 Å². The second-order valence-corrected chi connectivity index (χ2v) is 5.10. The number of benzene rings is 2. The fourth-order valence-electron chi connectivity index (χ4n) is 1.77. The standard InChI is InChI=1S/C16H15ClFNO2/c1-10-9-12(17)3-8-15(10)21-11(2)16(20)19-14-6-4-13(18)5-7-14/h3-9,11H,1-2H3,(H,19,20). The molecule has 0 aliphatic carbocycles. The molecule has 1 N–H and O–H groups in total. The van der Waals surface area contributed by atoms with Crippen molar-refractivity contribution in [2.75, 3.05) is 5.32 Å². The predicted octanol–water partition coefficient (Wildman–Crippen LogP) is 4.19. The van der Waals surface area contributed by atoms with Gasteiger partial charge in [-0.3, -0.25) is 4.79 Å². The second kappa shape index (κ2) is 6.59. The molecule has 1 unspecified atom stereocenters. The van der Waals surface area contributed by atoms with Crippen molar-refractivity contribution < 1.29 is 13.9 Å². The molecule has 5 heteroatoms. The highest BCUT2D eigenvalue weighted by Gasteiger charge is 2.16. The molecule has 0 saturated carbocycles. The minimum atomic E-state index is -0.685. The van der Waals surface area contributed by atoms with Crippen LogP contribution in [0.3, 0.4) is 0 Å². The predicted molar refractivity (Wildman–Crippen MR) is 81.3 cm³/mol. The van der Waals surface area contributed by atoms with E-state index in [4.69, 9.17) is 16.3 Å². The number of aryl methyl sites for hydroxylation is 1. The lowest BCUT2D eigenvalue weighted by molar-refractivity contribution is -0.122. The number of anilines is 1. The summed E-state index contributed by atoms with van der Waals surface area (Å²) in [6.07, 6.45) is -0.685. The van der Waals surface area contributed by atoms with Crippen LogP contribution in [0, 0.1) is 12.7 Å². The van der Waals surface area contributed by atoms with Crippen molar-refractivity contribution in [3.05, 3.63) is 58.9 Å². The Morgan fingerprint density at radius 2 is 1.90 bits per heavy atom. The first-order valence-corrected chi connectivity index (χ1v) is 6.83. The fourth-order valence-corrected chi connectivity index (χ4v) is 1.99. The van der Waals surface area contributed by atoms with Crippen molar-refractivity contribution >= 4 is 23.2 Å². The summed E-state index contributed by atoms with van der Waals surface area (Å²) < 4.78 is 18.4. The van der Waals surface area contributed by atoms with Gasteiger partial charge in [-0.2, -0.15) is 0 Å². The summed E-state index contributed by atoms with van der Waals surface area (Å²) in [5.74, 6) is -0.0637. The van der Waals surface area contributed by atoms with E-state index in [0.29, 0.717) is 16.5 Å². The Kier molecular flexibility index (Phi) is 4.81. The van der Waals surface area contributed by atoms with Gasteiger partial charge in [0.1, 0.15) is 11.6 Å². The van der Waals surface area contributed by atoms with E-state index < -0.39 is 6.10 Å². The van der Waals surface area contributed by atoms with Crippen molar-refractivity contribution in [3.8, 4) is 5.75 Å². The van der Waals surface area contributed by atoms with Gasteiger partial charge >= 0.3 is 0 Å². The van der Waals surface area contributed by atoms with Crippen LogP contribution in [-0.4, -0.2) is 12.0 Å². The van der Waals surface area contributed by atoms with Gasteiger partial charge in [-0.05, 0) is 61.9 Å². The van der Waals surface area contributed by atoms with Crippen LogP contribution in [0.25, 0.3) is 0 Å². The molecule has 2 aromatic carbocycles. The quantitative estimate of drug-likeness (QED) is 0.919. The highest BCUT2D eigenvalue weighted by atomic mass is 35.5. The topological polar surface area (TPSA) is 38.3 Å². The lowest BCUT2D eigenvalue weighted by Crippen LogP contribution is -2.30. The molecule has 110 valence electrons. The summed E-state index contributed by atoms with van der Waals surface area (Å²) in [5, 5.41) is 3.28. The lowest BCUT2D eigenvalue weighted by Gasteiger charge is -2.16. The maximum atomic E-state index is 12.8. The van der Waals surface area contributed by atoms with Gasteiger partial charge in [-0.1, -0.05) is 11.6 Å². The van der Waals surface area contributed by atoms with Crippen LogP contribution in [0.5, 0.6) is 5.75 Å². The van der Waals surface area contributed by atoms with Crippen molar-refractivity contribution in [3.63, 3.8) is 0 Å². The molecular weight excluding hydrogens is 293 g/mol. The third-order valence-corrected chi connectivity index (χ3v) is 3.16. The first-order valence-electron chi connectivity index (χ1n) is 6.45. The number of hydrogen-bond acceptors (Lipinski definition) is 2. The van der Waals surface area contributed by atoms with E-state index in [1.807, 2.05) is 6.92 Å². The molecule has 2 aromatic rings. The van der Waals surface area contributed by atoms with Gasteiger partial charge in [-0.25, -0.2) is 4.39 Å². The third kappa shape index (κ3) is 4.20. The SMILES string of the molecule is Cc1cc(Cl)ccc1OC(C)C(=O)Nc1ccc(F)cc1. The lowest BCUT2D eigenvalue weighted by atomic mass is 10.2. The Balaban J connectivity index is 2.00. The molecule has 0 aromatic heterocycles. The van der Waals surface area contributed by atoms with Crippen molar-refractivity contribution in [2.45, 2.75) is 20.0 Å². The van der Waals surface area contributed by atoms with Crippen molar-refractivity contribution in [2.24, 2.45) is 0 Å². The number of hydrogen-bond donors (Lipinski definition) is 1. The van der Waals surface area contributed by atoms with Crippen molar-refractivity contribution in [1.82, 2.24) is 0 Å². The Morgan fingerprint density at radius 1 is 1.24 bits per heavy atom. The molecule has 0 saturated heterocycles. The minimum absolute atomic E-state index is 0.309. The zero-order valence-electron chi connectivity index (χ0n) is 11.7. The molecule has 21 heavy (non-hydrogen) atoms. The average Bonchev–Trinajstić information content (AvgIpc) is 2.44. The molecule has 0 spiro atoms. The van der Waals surface area contributed by atoms with Crippen molar-refractivity contribution in [1.29, 1.82) is 0 Å². The van der Waals surface area contributed by atoms with Crippen LogP contribution < -0.4 is 10.1 Å². The van der Waals surface area contributed by atoms with E-state index in [2.05, 4.69) is 5.32 Å². The van der Waals surface area contributed by atoms with E-state index >= 15 is 0 Å². The number of rotatable bonds is 4. The first kappa shape index (κ1) is 15.3. The maximum Gasteiger partial charge on any atom is 0.265 e. The Hall–Kier alpha value is -2.07. The molecule has 0 heterocycles. The summed E-state index contributed by atoms with van der Waals surface area (Å²) >= 11 is 5.87. The number of amides is 1. The van der Waals surface area contributed by atoms with Crippen LogP contribution in [-0.2, 0) is 4.79 Å². The maximum absolute atomic E-state index is 12.8. The minimum Gasteiger partial charge on any atom is -0.481 e. The van der Waals surface area contributed by atoms with E-state index in [1.165, 1.54) is 24.3 Å². The first-order chi connectivity index (χ1) is 9.95. The summed E-state index contributed by atoms with van der Waals surface area (Å²) in [6, 6.07) is 10.7. The molecule has 0 aliphatic heterocycles. The van der Waals surface area contributed by atoms with E-state index in [0.717, 1.165) is 5.56 Å². The van der Waals surface area contributed by atoms with Crippen LogP contribution >= 0.6 is 11.6 Å². The van der Waals surface area contributed by atoms with Gasteiger partial charge in [-0.15, -0.1) is 0 Å². The fraction of sp³-hybridized carbons (Fsp3) is 0.188. The number of halogens is 2. The average molecular weight is 308 g/mol. The number of carbonyl (C=O) groups excluding carboxylic acids is 1. The molecule has 1 amide bonds. The van der Waals surface area contributed by atoms with Gasteiger partial charge < -0.3 is 10.1 Å². The van der Waals surface area contributed by atoms with E-state index in [9.17, 15) is 9.18 Å². The molecule has 1 atom stereocenters. The zero-order chi connectivity index (χ0) is 15.4. The summed E-state index contributed by atoms with van der Waals surface area (Å²) in [5.41, 5.74) is 1.37. The monoisotopic (exact) mass is 307 g/mol. The highest BCUT2D eigenvalue weighted by Crippen LogP contribution is 2.23. The third-order valence-electron chi connectivity index (χ3n) is 2.92. The molecule has 0 fully saturated rings. The van der Waals surface area contributed by atoms with Crippen LogP contribution in [0.2, 0.25) is 5.02 Å². The largest absolute Gasteiger partial charge is 0.481 e. The summed E-state index contributed by atoms with van der Waals surface area (Å²) in [7, 11) is 0. The van der Waals surface area contributed by atoms with Crippen LogP contribution in [0.1, 0.15) is 12.5 Å². The van der Waals surface area contributed by atoms with E-state index in [1.54, 1.807) is 25.1 Å². The Morgan fingerprint density at radius 3 is 2.52 bits per heavy atom. The molecule has 0 radical (unpaired) electrons. The smallest absolute Gasteiger partial charge is 0.265 e. The van der Waals surface area contributed by atoms with Gasteiger partial charge in [0, 0.05) is 10.7 Å². The molecular formula is C16H15ClFNO2. The van der Waals surface area contributed by atoms with Crippen LogP contribution in [0.4, 0.5) is 10.1 Å². The summed E-state index contributed by atoms with van der Waals surface area (Å²) in [4.78, 5) is 12.0. The molecule has 2 rings (SSSR count). The Labute approximate surface area is 127 Å². The Bertz CT molecular complexity index is 643. The molecule has 3 nitrogen and oxygen atoms in total. The number of ether oxygens (including phenoxy) is 1. The normalized spacial score (nSPS) is 11.8. The highest BCUT2D eigenvalue weighted by molar-refractivity contribution is 6.30. The van der Waals surface area contributed by atoms with Gasteiger partial charge in [0.15, 0.2) is 6.10 Å². The molecule has 0 aliphatic rings. The second-order valence-electron chi connectivity index (χ2n) is 4.67.